The van der Waals surface area contributed by atoms with Gasteiger partial charge in [-0.25, -0.2) is 4.98 Å². The predicted molar refractivity (Wildman–Crippen MR) is 80.9 cm³/mol. The largest absolute Gasteiger partial charge is 0.329 e. The number of hydrogen-bond donors (Lipinski definition) is 1. The quantitative estimate of drug-likeness (QED) is 0.811. The Morgan fingerprint density at radius 2 is 2.21 bits per heavy atom. The van der Waals surface area contributed by atoms with Crippen LogP contribution in [-0.2, 0) is 0 Å². The molecule has 2 aliphatic heterocycles. The minimum absolute atomic E-state index is 0.484. The van der Waals surface area contributed by atoms with Gasteiger partial charge in [0.2, 0.25) is 0 Å². The molecule has 2 saturated heterocycles. The van der Waals surface area contributed by atoms with Gasteiger partial charge in [0, 0.05) is 23.3 Å². The van der Waals surface area contributed by atoms with Crippen LogP contribution < -0.4 is 0 Å². The minimum Gasteiger partial charge on any atom is -0.329 e. The summed E-state index contributed by atoms with van der Waals surface area (Å²) in [5.41, 5.74) is 2.02. The minimum atomic E-state index is 0.484. The van der Waals surface area contributed by atoms with Crippen molar-refractivity contribution < 1.29 is 0 Å². The lowest BCUT2D eigenvalue weighted by molar-refractivity contribution is 0.291. The molecule has 2 fully saturated rings. The fourth-order valence-electron chi connectivity index (χ4n) is 3.65. The lowest BCUT2D eigenvalue weighted by Gasteiger charge is -2.21. The van der Waals surface area contributed by atoms with E-state index in [0.717, 1.165) is 20.4 Å². The van der Waals surface area contributed by atoms with Crippen molar-refractivity contribution in [1.82, 2.24) is 19.4 Å². The molecule has 2 aliphatic rings. The maximum Gasteiger partial charge on any atom is 0.179 e. The number of fused-ring (bicyclic) bond motifs is 2. The molecule has 0 bridgehead atoms. The van der Waals surface area contributed by atoms with E-state index in [0.29, 0.717) is 12.1 Å². The van der Waals surface area contributed by atoms with Gasteiger partial charge < -0.3 is 4.98 Å². The molecule has 0 aromatic carbocycles. The fraction of sp³-hybridized carbons (Fsp3) is 0.538. The third kappa shape index (κ3) is 1.80. The van der Waals surface area contributed by atoms with Crippen molar-refractivity contribution in [3.05, 3.63) is 21.5 Å². The van der Waals surface area contributed by atoms with Crippen molar-refractivity contribution in [2.24, 2.45) is 0 Å². The Morgan fingerprint density at radius 3 is 3.11 bits per heavy atom. The number of pyridine rings is 1. The lowest BCUT2D eigenvalue weighted by Crippen LogP contribution is -2.27. The van der Waals surface area contributed by atoms with Crippen LogP contribution in [0.4, 0.5) is 0 Å². The molecule has 0 spiro atoms. The summed E-state index contributed by atoms with van der Waals surface area (Å²) in [6.07, 6.45) is 5.64. The van der Waals surface area contributed by atoms with Crippen LogP contribution in [0.2, 0.25) is 0 Å². The molecule has 100 valence electrons. The fourth-order valence-corrected chi connectivity index (χ4v) is 4.32. The van der Waals surface area contributed by atoms with E-state index in [4.69, 9.17) is 12.2 Å². The first-order chi connectivity index (χ1) is 9.24. The van der Waals surface area contributed by atoms with Crippen LogP contribution in [0.1, 0.15) is 25.3 Å². The Labute approximate surface area is 125 Å². The average molecular weight is 339 g/mol. The molecule has 2 atom stereocenters. The third-order valence-electron chi connectivity index (χ3n) is 4.42. The summed E-state index contributed by atoms with van der Waals surface area (Å²) in [4.78, 5) is 10.5. The first-order valence-corrected chi connectivity index (χ1v) is 7.94. The van der Waals surface area contributed by atoms with Crippen molar-refractivity contribution in [2.45, 2.75) is 31.3 Å². The Hall–Kier alpha value is -0.720. The normalized spacial score (nSPS) is 27.2. The Morgan fingerprint density at radius 1 is 1.32 bits per heavy atom. The molecular formula is C13H15BrN4S. The summed E-state index contributed by atoms with van der Waals surface area (Å²) < 4.78 is 4.03. The molecule has 4 nitrogen and oxygen atoms in total. The Kier molecular flexibility index (Phi) is 2.79. The summed E-state index contributed by atoms with van der Waals surface area (Å²) in [6, 6.07) is 3.18. The second-order valence-electron chi connectivity index (χ2n) is 5.43. The second-order valence-corrected chi connectivity index (χ2v) is 6.73. The number of aromatic amines is 1. The molecule has 19 heavy (non-hydrogen) atoms. The number of rotatable bonds is 1. The van der Waals surface area contributed by atoms with Gasteiger partial charge >= 0.3 is 0 Å². The highest BCUT2D eigenvalue weighted by Gasteiger charge is 2.39. The first kappa shape index (κ1) is 12.1. The van der Waals surface area contributed by atoms with Gasteiger partial charge in [-0.3, -0.25) is 9.47 Å². The molecule has 4 heterocycles. The summed E-state index contributed by atoms with van der Waals surface area (Å²) >= 11 is 8.99. The van der Waals surface area contributed by atoms with Crippen LogP contribution in [0.5, 0.6) is 0 Å². The van der Waals surface area contributed by atoms with Crippen LogP contribution in [0, 0.1) is 4.77 Å². The second kappa shape index (κ2) is 4.40. The maximum atomic E-state index is 5.53. The smallest absolute Gasteiger partial charge is 0.179 e. The van der Waals surface area contributed by atoms with Crippen molar-refractivity contribution >= 4 is 39.3 Å². The topological polar surface area (TPSA) is 36.9 Å². The van der Waals surface area contributed by atoms with E-state index in [9.17, 15) is 0 Å². The van der Waals surface area contributed by atoms with Crippen LogP contribution in [0.15, 0.2) is 16.7 Å². The Bertz CT molecular complexity index is 691. The number of halogens is 1. The molecule has 6 heteroatoms. The van der Waals surface area contributed by atoms with Gasteiger partial charge in [0.1, 0.15) is 0 Å². The molecule has 1 N–H and O–H groups in total. The third-order valence-corrected chi connectivity index (χ3v) is 5.16. The summed E-state index contributed by atoms with van der Waals surface area (Å²) in [5, 5.41) is 0. The monoisotopic (exact) mass is 338 g/mol. The number of imidazole rings is 1. The molecule has 2 aromatic rings. The maximum absolute atomic E-state index is 5.53. The molecule has 2 unspecified atom stereocenters. The van der Waals surface area contributed by atoms with E-state index in [1.165, 1.54) is 32.4 Å². The van der Waals surface area contributed by atoms with Gasteiger partial charge in [-0.1, -0.05) is 0 Å². The van der Waals surface area contributed by atoms with Gasteiger partial charge in [0.15, 0.2) is 10.4 Å². The molecule has 2 aromatic heterocycles. The van der Waals surface area contributed by atoms with Crippen molar-refractivity contribution in [3.8, 4) is 0 Å². The van der Waals surface area contributed by atoms with Gasteiger partial charge in [-0.15, -0.1) is 0 Å². The van der Waals surface area contributed by atoms with E-state index in [-0.39, 0.29) is 0 Å². The standard InChI is InChI=1S/C13H15BrN4S/c14-8-6-9-12(15-7-8)18(13(19)16-9)11-3-5-17-4-1-2-10(11)17/h6-7,10-11H,1-5H2,(H,16,19). The van der Waals surface area contributed by atoms with E-state index in [1.54, 1.807) is 0 Å². The molecule has 0 radical (unpaired) electrons. The van der Waals surface area contributed by atoms with E-state index >= 15 is 0 Å². The SMILES string of the molecule is S=c1[nH]c2cc(Br)cnc2n1C1CCN2CCCC12. The van der Waals surface area contributed by atoms with E-state index in [2.05, 4.69) is 41.4 Å². The first-order valence-electron chi connectivity index (χ1n) is 6.74. The molecular weight excluding hydrogens is 324 g/mol. The van der Waals surface area contributed by atoms with E-state index in [1.807, 2.05) is 6.20 Å². The predicted octanol–water partition coefficient (Wildman–Crippen LogP) is 3.27. The summed E-state index contributed by atoms with van der Waals surface area (Å²) in [6.45, 7) is 2.44. The van der Waals surface area contributed by atoms with E-state index < -0.39 is 0 Å². The van der Waals surface area contributed by atoms with Crippen LogP contribution in [0.25, 0.3) is 11.2 Å². The molecule has 4 rings (SSSR count). The lowest BCUT2D eigenvalue weighted by atomic mass is 10.1. The van der Waals surface area contributed by atoms with Crippen molar-refractivity contribution in [2.75, 3.05) is 13.1 Å². The van der Waals surface area contributed by atoms with Crippen molar-refractivity contribution in [1.29, 1.82) is 0 Å². The van der Waals surface area contributed by atoms with Crippen LogP contribution >= 0.6 is 28.1 Å². The van der Waals surface area contributed by atoms with Crippen LogP contribution in [0.3, 0.4) is 0 Å². The molecule has 0 aliphatic carbocycles. The van der Waals surface area contributed by atoms with Crippen molar-refractivity contribution in [3.63, 3.8) is 0 Å². The highest BCUT2D eigenvalue weighted by molar-refractivity contribution is 9.10. The van der Waals surface area contributed by atoms with Gasteiger partial charge in [-0.2, -0.15) is 0 Å². The Balaban J connectivity index is 1.87. The van der Waals surface area contributed by atoms with Gasteiger partial charge in [0.05, 0.1) is 11.6 Å². The van der Waals surface area contributed by atoms with Gasteiger partial charge in [0.25, 0.3) is 0 Å². The molecule has 0 amide bonds. The zero-order valence-corrected chi connectivity index (χ0v) is 12.9. The number of aromatic nitrogens is 3. The average Bonchev–Trinajstić information content (AvgIpc) is 3.02. The number of nitrogens with one attached hydrogen (secondary N) is 1. The van der Waals surface area contributed by atoms with Crippen LogP contribution in [-0.4, -0.2) is 38.6 Å². The number of hydrogen-bond acceptors (Lipinski definition) is 3. The highest BCUT2D eigenvalue weighted by Crippen LogP contribution is 2.37. The number of H-pyrrole nitrogens is 1. The molecule has 0 saturated carbocycles. The zero-order chi connectivity index (χ0) is 13.0. The summed E-state index contributed by atoms with van der Waals surface area (Å²) in [7, 11) is 0. The zero-order valence-electron chi connectivity index (χ0n) is 10.5. The number of nitrogens with zero attached hydrogens (tertiary/aromatic N) is 3. The summed E-state index contributed by atoms with van der Waals surface area (Å²) in [5.74, 6) is 0. The highest BCUT2D eigenvalue weighted by atomic mass is 79.9. The van der Waals surface area contributed by atoms with Gasteiger partial charge in [-0.05, 0) is 60.0 Å².